The van der Waals surface area contributed by atoms with Crippen LogP contribution in [0.3, 0.4) is 0 Å². The van der Waals surface area contributed by atoms with Crippen LogP contribution in [0.5, 0.6) is 0 Å². The van der Waals surface area contributed by atoms with Crippen molar-refractivity contribution in [1.29, 1.82) is 0 Å². The van der Waals surface area contributed by atoms with Crippen LogP contribution in [0, 0.1) is 6.92 Å². The Balaban J connectivity index is 1.34. The Hall–Kier alpha value is -2.99. The van der Waals surface area contributed by atoms with Crippen molar-refractivity contribution in [3.8, 4) is 0 Å². The van der Waals surface area contributed by atoms with Crippen molar-refractivity contribution >= 4 is 16.8 Å². The molecule has 1 aliphatic heterocycles. The van der Waals surface area contributed by atoms with Crippen LogP contribution in [-0.4, -0.2) is 51.4 Å². The van der Waals surface area contributed by atoms with Crippen LogP contribution in [0.2, 0.25) is 0 Å². The van der Waals surface area contributed by atoms with E-state index in [9.17, 15) is 9.59 Å². The molecule has 0 atom stereocenters. The minimum atomic E-state index is -0.0892. The van der Waals surface area contributed by atoms with E-state index in [0.717, 1.165) is 39.1 Å². The summed E-state index contributed by atoms with van der Waals surface area (Å²) in [6.45, 7) is 6.80. The summed E-state index contributed by atoms with van der Waals surface area (Å²) in [5, 5.41) is 0.592. The first kappa shape index (κ1) is 20.3. The summed E-state index contributed by atoms with van der Waals surface area (Å²) in [6, 6.07) is 15.8. The fourth-order valence-corrected chi connectivity index (χ4v) is 4.05. The largest absolute Gasteiger partial charge is 0.341 e. The van der Waals surface area contributed by atoms with Crippen LogP contribution < -0.4 is 5.56 Å². The first-order chi connectivity index (χ1) is 14.6. The van der Waals surface area contributed by atoms with Crippen molar-refractivity contribution in [2.24, 2.45) is 0 Å². The summed E-state index contributed by atoms with van der Waals surface area (Å²) in [5.41, 5.74) is 3.25. The average Bonchev–Trinajstić information content (AvgIpc) is 3.01. The number of nitrogens with zero attached hydrogens (tertiary/aromatic N) is 4. The van der Waals surface area contributed by atoms with Gasteiger partial charge in [0.25, 0.3) is 5.56 Å². The van der Waals surface area contributed by atoms with E-state index < -0.39 is 0 Å². The Bertz CT molecular complexity index is 1090. The normalized spacial score (nSPS) is 15.3. The monoisotopic (exact) mass is 404 g/mol. The molecule has 0 saturated carbocycles. The van der Waals surface area contributed by atoms with Gasteiger partial charge in [-0.05, 0) is 36.6 Å². The number of benzene rings is 2. The van der Waals surface area contributed by atoms with Crippen molar-refractivity contribution in [2.45, 2.75) is 32.9 Å². The first-order valence-electron chi connectivity index (χ1n) is 10.6. The van der Waals surface area contributed by atoms with Gasteiger partial charge in [-0.2, -0.15) is 0 Å². The molecule has 1 amide bonds. The van der Waals surface area contributed by atoms with Crippen molar-refractivity contribution < 1.29 is 4.79 Å². The molecule has 1 aliphatic rings. The van der Waals surface area contributed by atoms with E-state index in [1.54, 1.807) is 17.0 Å². The van der Waals surface area contributed by atoms with Gasteiger partial charge in [0.15, 0.2) is 0 Å². The molecule has 1 fully saturated rings. The Morgan fingerprint density at radius 1 is 1.00 bits per heavy atom. The maximum absolute atomic E-state index is 12.8. The third-order valence-corrected chi connectivity index (χ3v) is 5.89. The molecule has 0 N–H and O–H groups in total. The third-order valence-electron chi connectivity index (χ3n) is 5.89. The summed E-state index contributed by atoms with van der Waals surface area (Å²) < 4.78 is 1.54. The molecule has 2 aromatic carbocycles. The van der Waals surface area contributed by atoms with E-state index in [2.05, 4.69) is 41.1 Å². The predicted molar refractivity (Wildman–Crippen MR) is 118 cm³/mol. The SMILES string of the molecule is Cc1ccccc1CN1CCCN(C(=O)CCn2cnc3ccccc3c2=O)CC1. The van der Waals surface area contributed by atoms with Gasteiger partial charge in [0, 0.05) is 45.7 Å². The van der Waals surface area contributed by atoms with Gasteiger partial charge in [-0.1, -0.05) is 36.4 Å². The number of rotatable bonds is 5. The molecule has 1 saturated heterocycles. The molecular weight excluding hydrogens is 376 g/mol. The summed E-state index contributed by atoms with van der Waals surface area (Å²) in [6.07, 6.45) is 2.83. The lowest BCUT2D eigenvalue weighted by Gasteiger charge is -2.22. The molecule has 4 rings (SSSR count). The van der Waals surface area contributed by atoms with E-state index in [4.69, 9.17) is 0 Å². The number of fused-ring (bicyclic) bond motifs is 1. The zero-order valence-corrected chi connectivity index (χ0v) is 17.5. The predicted octanol–water partition coefficient (Wildman–Crippen LogP) is 2.83. The zero-order valence-electron chi connectivity index (χ0n) is 17.5. The van der Waals surface area contributed by atoms with Crippen molar-refractivity contribution in [3.63, 3.8) is 0 Å². The minimum Gasteiger partial charge on any atom is -0.341 e. The highest BCUT2D eigenvalue weighted by atomic mass is 16.2. The second-order valence-electron chi connectivity index (χ2n) is 7.95. The second-order valence-corrected chi connectivity index (χ2v) is 7.95. The van der Waals surface area contributed by atoms with Gasteiger partial charge in [0.1, 0.15) is 0 Å². The maximum Gasteiger partial charge on any atom is 0.261 e. The van der Waals surface area contributed by atoms with E-state index >= 15 is 0 Å². The van der Waals surface area contributed by atoms with Crippen LogP contribution in [0.1, 0.15) is 24.0 Å². The van der Waals surface area contributed by atoms with Crippen molar-refractivity contribution in [2.75, 3.05) is 26.2 Å². The number of para-hydroxylation sites is 1. The Morgan fingerprint density at radius 2 is 1.80 bits per heavy atom. The lowest BCUT2D eigenvalue weighted by molar-refractivity contribution is -0.131. The van der Waals surface area contributed by atoms with E-state index in [1.165, 1.54) is 11.1 Å². The van der Waals surface area contributed by atoms with Crippen LogP contribution in [0.25, 0.3) is 10.9 Å². The number of hydrogen-bond acceptors (Lipinski definition) is 4. The van der Waals surface area contributed by atoms with Gasteiger partial charge in [0.2, 0.25) is 5.91 Å². The molecule has 0 spiro atoms. The molecule has 1 aromatic heterocycles. The van der Waals surface area contributed by atoms with E-state index in [-0.39, 0.29) is 11.5 Å². The fourth-order valence-electron chi connectivity index (χ4n) is 4.05. The standard InChI is InChI=1S/C24H28N4O2/c1-19-7-2-3-8-20(19)17-26-12-6-13-27(16-15-26)23(29)11-14-28-18-25-22-10-5-4-9-21(22)24(28)30/h2-5,7-10,18H,6,11-17H2,1H3. The highest BCUT2D eigenvalue weighted by Gasteiger charge is 2.19. The van der Waals surface area contributed by atoms with Gasteiger partial charge in [0.05, 0.1) is 17.2 Å². The highest BCUT2D eigenvalue weighted by Crippen LogP contribution is 2.13. The van der Waals surface area contributed by atoms with Gasteiger partial charge >= 0.3 is 0 Å². The van der Waals surface area contributed by atoms with Gasteiger partial charge in [-0.25, -0.2) is 4.98 Å². The zero-order chi connectivity index (χ0) is 20.9. The van der Waals surface area contributed by atoms with E-state index in [1.807, 2.05) is 23.1 Å². The highest BCUT2D eigenvalue weighted by molar-refractivity contribution is 5.77. The molecule has 30 heavy (non-hydrogen) atoms. The second kappa shape index (κ2) is 9.22. The van der Waals surface area contributed by atoms with Crippen LogP contribution in [0.4, 0.5) is 0 Å². The van der Waals surface area contributed by atoms with Gasteiger partial charge in [-0.15, -0.1) is 0 Å². The number of aryl methyl sites for hydroxylation is 2. The van der Waals surface area contributed by atoms with Crippen LogP contribution in [-0.2, 0) is 17.9 Å². The maximum atomic E-state index is 12.8. The van der Waals surface area contributed by atoms with Gasteiger partial charge < -0.3 is 4.90 Å². The van der Waals surface area contributed by atoms with Crippen LogP contribution >= 0.6 is 0 Å². The molecule has 156 valence electrons. The molecule has 0 aliphatic carbocycles. The number of carbonyl (C=O) groups is 1. The lowest BCUT2D eigenvalue weighted by Crippen LogP contribution is -2.36. The van der Waals surface area contributed by atoms with Gasteiger partial charge in [-0.3, -0.25) is 19.1 Å². The molecule has 6 nitrogen and oxygen atoms in total. The summed E-state index contributed by atoms with van der Waals surface area (Å²) in [5.74, 6) is 0.104. The molecule has 3 aromatic rings. The fraction of sp³-hybridized carbons (Fsp3) is 0.375. The third kappa shape index (κ3) is 4.60. The quantitative estimate of drug-likeness (QED) is 0.656. The smallest absolute Gasteiger partial charge is 0.261 e. The van der Waals surface area contributed by atoms with Crippen molar-refractivity contribution in [3.05, 3.63) is 76.3 Å². The minimum absolute atomic E-state index is 0.0892. The summed E-state index contributed by atoms with van der Waals surface area (Å²) >= 11 is 0. The topological polar surface area (TPSA) is 58.4 Å². The molecule has 0 bridgehead atoms. The Kier molecular flexibility index (Phi) is 6.23. The van der Waals surface area contributed by atoms with E-state index in [0.29, 0.717) is 23.9 Å². The van der Waals surface area contributed by atoms with Crippen LogP contribution in [0.15, 0.2) is 59.7 Å². The first-order valence-corrected chi connectivity index (χ1v) is 10.6. The number of hydrogen-bond donors (Lipinski definition) is 0. The number of amides is 1. The Labute approximate surface area is 176 Å². The lowest BCUT2D eigenvalue weighted by atomic mass is 10.1. The molecule has 0 unspecified atom stereocenters. The molecule has 6 heteroatoms. The number of aromatic nitrogens is 2. The summed E-state index contributed by atoms with van der Waals surface area (Å²) in [7, 11) is 0. The summed E-state index contributed by atoms with van der Waals surface area (Å²) in [4.78, 5) is 34.1. The molecule has 0 radical (unpaired) electrons. The number of carbonyl (C=O) groups excluding carboxylic acids is 1. The molecule has 2 heterocycles. The Morgan fingerprint density at radius 3 is 2.67 bits per heavy atom. The molecular formula is C24H28N4O2. The average molecular weight is 405 g/mol. The van der Waals surface area contributed by atoms with Crippen molar-refractivity contribution in [1.82, 2.24) is 19.4 Å².